The Bertz CT molecular complexity index is 708. The zero-order valence-electron chi connectivity index (χ0n) is 10.6. The van der Waals surface area contributed by atoms with Crippen molar-refractivity contribution in [3.63, 3.8) is 0 Å². The first kappa shape index (κ1) is 12.7. The van der Waals surface area contributed by atoms with Crippen LogP contribution in [0, 0.1) is 0 Å². The van der Waals surface area contributed by atoms with Crippen molar-refractivity contribution < 1.29 is 14.0 Å². The fraction of sp³-hybridized carbons (Fsp3) is 0.143. The van der Waals surface area contributed by atoms with Crippen molar-refractivity contribution in [2.75, 3.05) is 12.4 Å². The van der Waals surface area contributed by atoms with Crippen LogP contribution in [-0.4, -0.2) is 23.8 Å². The minimum absolute atomic E-state index is 0.158. The summed E-state index contributed by atoms with van der Waals surface area (Å²) in [5, 5.41) is 2.93. The number of halogens is 1. The van der Waals surface area contributed by atoms with E-state index in [1.54, 1.807) is 30.1 Å². The molecule has 0 saturated carbocycles. The van der Waals surface area contributed by atoms with Gasteiger partial charge in [0.25, 0.3) is 0 Å². The Balaban J connectivity index is 1.95. The van der Waals surface area contributed by atoms with Gasteiger partial charge < -0.3 is 14.6 Å². The number of nitrogens with zero attached hydrogens (tertiary/aromatic N) is 1. The maximum absolute atomic E-state index is 12.2. The Morgan fingerprint density at radius 1 is 1.35 bits per heavy atom. The number of carbonyl (C=O) groups excluding carboxylic acids is 2. The minimum Gasteiger partial charge on any atom is -0.441 e. The number of carbonyl (C=O) groups is 2. The summed E-state index contributed by atoms with van der Waals surface area (Å²) in [5.74, 6) is -0.0394. The lowest BCUT2D eigenvalue weighted by atomic mass is 10.0. The van der Waals surface area contributed by atoms with Gasteiger partial charge in [-0.3, -0.25) is 4.79 Å². The predicted octanol–water partition coefficient (Wildman–Crippen LogP) is 3.14. The highest BCUT2D eigenvalue weighted by Crippen LogP contribution is 2.25. The number of hydrogen-bond donors (Lipinski definition) is 1. The number of amides is 2. The van der Waals surface area contributed by atoms with Crippen molar-refractivity contribution in [1.82, 2.24) is 4.90 Å². The predicted molar refractivity (Wildman–Crippen MR) is 74.1 cm³/mol. The molecule has 6 heteroatoms. The third-order valence-electron chi connectivity index (χ3n) is 3.16. The summed E-state index contributed by atoms with van der Waals surface area (Å²) in [5.41, 5.74) is 2.11. The highest BCUT2D eigenvalue weighted by molar-refractivity contribution is 6.29. The quantitative estimate of drug-likeness (QED) is 0.864. The number of ketones is 1. The van der Waals surface area contributed by atoms with Crippen LogP contribution in [0.3, 0.4) is 0 Å². The fourth-order valence-corrected chi connectivity index (χ4v) is 2.25. The molecule has 0 bridgehead atoms. The summed E-state index contributed by atoms with van der Waals surface area (Å²) in [6.07, 6.45) is 0. The molecule has 5 nitrogen and oxygen atoms in total. The maximum Gasteiger partial charge on any atom is 0.321 e. The zero-order valence-corrected chi connectivity index (χ0v) is 11.4. The normalized spacial score (nSPS) is 13.9. The highest BCUT2D eigenvalue weighted by Gasteiger charge is 2.21. The van der Waals surface area contributed by atoms with Gasteiger partial charge in [0.2, 0.25) is 5.78 Å². The molecule has 102 valence electrons. The van der Waals surface area contributed by atoms with E-state index >= 15 is 0 Å². The molecule has 0 fully saturated rings. The second-order valence-electron chi connectivity index (χ2n) is 4.59. The van der Waals surface area contributed by atoms with E-state index in [1.165, 1.54) is 12.1 Å². The zero-order chi connectivity index (χ0) is 14.3. The standard InChI is InChI=1S/C14H11ClN2O3/c1-17-7-9-6-8(2-3-10(9)16-14(17)19)13(18)11-4-5-12(15)20-11/h2-6H,7H2,1H3,(H,16,19). The van der Waals surface area contributed by atoms with Crippen molar-refractivity contribution in [3.05, 3.63) is 52.4 Å². The summed E-state index contributed by atoms with van der Waals surface area (Å²) in [7, 11) is 1.69. The van der Waals surface area contributed by atoms with Gasteiger partial charge in [-0.1, -0.05) is 0 Å². The molecule has 0 unspecified atom stereocenters. The lowest BCUT2D eigenvalue weighted by molar-refractivity contribution is 0.101. The van der Waals surface area contributed by atoms with Crippen LogP contribution in [0.15, 0.2) is 34.7 Å². The third-order valence-corrected chi connectivity index (χ3v) is 3.36. The van der Waals surface area contributed by atoms with Crippen LogP contribution in [0.5, 0.6) is 0 Å². The van der Waals surface area contributed by atoms with E-state index in [4.69, 9.17) is 16.0 Å². The Hall–Kier alpha value is -2.27. The SMILES string of the molecule is CN1Cc2cc(C(=O)c3ccc(Cl)o3)ccc2NC1=O. The maximum atomic E-state index is 12.2. The molecule has 20 heavy (non-hydrogen) atoms. The molecule has 0 aliphatic carbocycles. The number of urea groups is 1. The van der Waals surface area contributed by atoms with Gasteiger partial charge in [-0.2, -0.15) is 0 Å². The smallest absolute Gasteiger partial charge is 0.321 e. The summed E-state index contributed by atoms with van der Waals surface area (Å²) < 4.78 is 5.12. The molecule has 3 rings (SSSR count). The van der Waals surface area contributed by atoms with Gasteiger partial charge in [-0.05, 0) is 47.5 Å². The Kier molecular flexibility index (Phi) is 2.99. The second-order valence-corrected chi connectivity index (χ2v) is 4.96. The van der Waals surface area contributed by atoms with E-state index < -0.39 is 0 Å². The lowest BCUT2D eigenvalue weighted by Crippen LogP contribution is -2.35. The minimum atomic E-state index is -0.237. The summed E-state index contributed by atoms with van der Waals surface area (Å²) in [6, 6.07) is 8.04. The second kappa shape index (κ2) is 4.68. The first-order valence-corrected chi connectivity index (χ1v) is 6.37. The Labute approximate surface area is 120 Å². The van der Waals surface area contributed by atoms with E-state index in [0.29, 0.717) is 12.1 Å². The first-order valence-electron chi connectivity index (χ1n) is 5.99. The molecule has 0 saturated heterocycles. The summed E-state index contributed by atoms with van der Waals surface area (Å²) >= 11 is 5.67. The van der Waals surface area contributed by atoms with Crippen LogP contribution in [0.2, 0.25) is 5.22 Å². The molecule has 1 aliphatic heterocycles. The number of anilines is 1. The summed E-state index contributed by atoms with van der Waals surface area (Å²) in [4.78, 5) is 25.3. The first-order chi connectivity index (χ1) is 9.54. The molecule has 1 aromatic carbocycles. The van der Waals surface area contributed by atoms with E-state index in [-0.39, 0.29) is 22.8 Å². The molecule has 1 aliphatic rings. The van der Waals surface area contributed by atoms with Crippen molar-refractivity contribution in [2.45, 2.75) is 6.54 Å². The largest absolute Gasteiger partial charge is 0.441 e. The van der Waals surface area contributed by atoms with E-state index in [2.05, 4.69) is 5.32 Å². The number of rotatable bonds is 2. The Morgan fingerprint density at radius 3 is 2.85 bits per heavy atom. The average molecular weight is 291 g/mol. The van der Waals surface area contributed by atoms with Crippen molar-refractivity contribution in [2.24, 2.45) is 0 Å². The monoisotopic (exact) mass is 290 g/mol. The van der Waals surface area contributed by atoms with Crippen LogP contribution in [-0.2, 0) is 6.54 Å². The van der Waals surface area contributed by atoms with Gasteiger partial charge in [0.1, 0.15) is 0 Å². The third kappa shape index (κ3) is 2.16. The van der Waals surface area contributed by atoms with Crippen LogP contribution < -0.4 is 5.32 Å². The van der Waals surface area contributed by atoms with Crippen LogP contribution in [0.25, 0.3) is 0 Å². The molecule has 1 N–H and O–H groups in total. The molecule has 0 atom stereocenters. The molecule has 2 amide bonds. The number of benzene rings is 1. The van der Waals surface area contributed by atoms with Gasteiger partial charge in [-0.15, -0.1) is 0 Å². The van der Waals surface area contributed by atoms with E-state index in [0.717, 1.165) is 11.3 Å². The number of furan rings is 1. The Morgan fingerprint density at radius 2 is 2.15 bits per heavy atom. The van der Waals surface area contributed by atoms with Gasteiger partial charge >= 0.3 is 6.03 Å². The number of fused-ring (bicyclic) bond motifs is 1. The topological polar surface area (TPSA) is 62.6 Å². The van der Waals surface area contributed by atoms with Crippen LogP contribution in [0.1, 0.15) is 21.7 Å². The van der Waals surface area contributed by atoms with E-state index in [9.17, 15) is 9.59 Å². The molecule has 1 aromatic heterocycles. The highest BCUT2D eigenvalue weighted by atomic mass is 35.5. The van der Waals surface area contributed by atoms with Gasteiger partial charge in [0, 0.05) is 24.8 Å². The molecule has 2 heterocycles. The number of hydrogen-bond acceptors (Lipinski definition) is 3. The molecular formula is C14H11ClN2O3. The molecule has 2 aromatic rings. The summed E-state index contributed by atoms with van der Waals surface area (Å²) in [6.45, 7) is 0.460. The van der Waals surface area contributed by atoms with Crippen molar-refractivity contribution in [3.8, 4) is 0 Å². The van der Waals surface area contributed by atoms with Crippen LogP contribution in [0.4, 0.5) is 10.5 Å². The molecule has 0 spiro atoms. The van der Waals surface area contributed by atoms with Crippen LogP contribution >= 0.6 is 11.6 Å². The molecule has 0 radical (unpaired) electrons. The molecular weight excluding hydrogens is 280 g/mol. The number of nitrogens with one attached hydrogen (secondary N) is 1. The average Bonchev–Trinajstić information content (AvgIpc) is 2.85. The van der Waals surface area contributed by atoms with Crippen molar-refractivity contribution >= 4 is 29.1 Å². The fourth-order valence-electron chi connectivity index (χ4n) is 2.10. The van der Waals surface area contributed by atoms with Gasteiger partial charge in [0.15, 0.2) is 11.0 Å². The van der Waals surface area contributed by atoms with E-state index in [1.807, 2.05) is 0 Å². The van der Waals surface area contributed by atoms with Crippen molar-refractivity contribution in [1.29, 1.82) is 0 Å². The van der Waals surface area contributed by atoms with Gasteiger partial charge in [0.05, 0.1) is 0 Å². The lowest BCUT2D eigenvalue weighted by Gasteiger charge is -2.26. The van der Waals surface area contributed by atoms with Gasteiger partial charge in [-0.25, -0.2) is 4.79 Å².